The van der Waals surface area contributed by atoms with E-state index in [-0.39, 0.29) is 17.1 Å². The van der Waals surface area contributed by atoms with E-state index in [1.54, 1.807) is 18.2 Å². The number of hydrogen-bond donors (Lipinski definition) is 4. The van der Waals surface area contributed by atoms with Crippen molar-refractivity contribution in [3.63, 3.8) is 0 Å². The molecule has 9 heteroatoms. The molecule has 9 nitrogen and oxygen atoms in total. The SMILES string of the molecule is O=C(O)c1cccc(NC(=O)c2nc(-c3ccccn3)[nH]c(=O)c2O)c1. The third kappa shape index (κ3) is 3.41. The van der Waals surface area contributed by atoms with Crippen molar-refractivity contribution in [2.75, 3.05) is 5.32 Å². The summed E-state index contributed by atoms with van der Waals surface area (Å²) >= 11 is 0. The standard InChI is InChI=1S/C17H12N4O5/c22-13-12(15(23)19-10-5-3-4-9(8-10)17(25)26)20-14(21-16(13)24)11-6-1-2-7-18-11/h1-8,22H,(H,19,23)(H,25,26)(H,20,21,24). The van der Waals surface area contributed by atoms with Crippen LogP contribution in [0.4, 0.5) is 5.69 Å². The van der Waals surface area contributed by atoms with Gasteiger partial charge in [0.15, 0.2) is 11.5 Å². The van der Waals surface area contributed by atoms with E-state index < -0.39 is 28.9 Å². The van der Waals surface area contributed by atoms with Gasteiger partial charge in [-0.25, -0.2) is 9.78 Å². The molecule has 0 unspecified atom stereocenters. The maximum absolute atomic E-state index is 12.4. The molecule has 0 fully saturated rings. The molecule has 0 saturated carbocycles. The summed E-state index contributed by atoms with van der Waals surface area (Å²) in [4.78, 5) is 45.6. The number of carboxylic acids is 1. The third-order valence-corrected chi connectivity index (χ3v) is 3.38. The van der Waals surface area contributed by atoms with Crippen LogP contribution >= 0.6 is 0 Å². The normalized spacial score (nSPS) is 10.3. The number of aromatic amines is 1. The van der Waals surface area contributed by atoms with Crippen LogP contribution in [-0.4, -0.2) is 37.0 Å². The number of hydrogen-bond acceptors (Lipinski definition) is 6. The highest BCUT2D eigenvalue weighted by Crippen LogP contribution is 2.17. The molecule has 0 atom stereocenters. The van der Waals surface area contributed by atoms with Crippen molar-refractivity contribution in [3.8, 4) is 17.3 Å². The number of aromatic carboxylic acids is 1. The van der Waals surface area contributed by atoms with Gasteiger partial charge in [0.05, 0.1) is 5.56 Å². The van der Waals surface area contributed by atoms with Gasteiger partial charge in [-0.3, -0.25) is 14.6 Å². The fourth-order valence-corrected chi connectivity index (χ4v) is 2.17. The Labute approximate surface area is 146 Å². The average Bonchev–Trinajstić information content (AvgIpc) is 2.64. The van der Waals surface area contributed by atoms with Crippen molar-refractivity contribution in [3.05, 3.63) is 70.3 Å². The van der Waals surface area contributed by atoms with Crippen LogP contribution in [-0.2, 0) is 0 Å². The molecule has 1 aromatic carbocycles. The minimum Gasteiger partial charge on any atom is -0.501 e. The van der Waals surface area contributed by atoms with Gasteiger partial charge in [0, 0.05) is 11.9 Å². The van der Waals surface area contributed by atoms with Gasteiger partial charge in [0.1, 0.15) is 5.69 Å². The number of pyridine rings is 1. The molecule has 0 aliphatic carbocycles. The van der Waals surface area contributed by atoms with Crippen LogP contribution in [0.15, 0.2) is 53.5 Å². The molecule has 4 N–H and O–H groups in total. The lowest BCUT2D eigenvalue weighted by molar-refractivity contribution is 0.0696. The van der Waals surface area contributed by atoms with Gasteiger partial charge in [0.25, 0.3) is 11.5 Å². The van der Waals surface area contributed by atoms with Gasteiger partial charge in [-0.15, -0.1) is 0 Å². The highest BCUT2D eigenvalue weighted by atomic mass is 16.4. The number of nitrogens with one attached hydrogen (secondary N) is 2. The number of H-pyrrole nitrogens is 1. The van der Waals surface area contributed by atoms with Crippen molar-refractivity contribution in [1.29, 1.82) is 0 Å². The average molecular weight is 352 g/mol. The van der Waals surface area contributed by atoms with Crippen LogP contribution in [0.3, 0.4) is 0 Å². The number of nitrogens with zero attached hydrogens (tertiary/aromatic N) is 2. The molecule has 1 amide bonds. The van der Waals surface area contributed by atoms with E-state index in [1.165, 1.54) is 30.5 Å². The summed E-state index contributed by atoms with van der Waals surface area (Å²) in [5, 5.41) is 21.3. The first-order valence-electron chi connectivity index (χ1n) is 7.35. The highest BCUT2D eigenvalue weighted by molar-refractivity contribution is 6.05. The fraction of sp³-hybridized carbons (Fsp3) is 0. The van der Waals surface area contributed by atoms with Crippen molar-refractivity contribution in [1.82, 2.24) is 15.0 Å². The van der Waals surface area contributed by atoms with E-state index in [0.29, 0.717) is 5.69 Å². The van der Waals surface area contributed by atoms with Crippen molar-refractivity contribution < 1.29 is 19.8 Å². The minimum absolute atomic E-state index is 0.0119. The predicted molar refractivity (Wildman–Crippen MR) is 91.1 cm³/mol. The van der Waals surface area contributed by atoms with Gasteiger partial charge in [-0.05, 0) is 30.3 Å². The van der Waals surface area contributed by atoms with E-state index >= 15 is 0 Å². The molecule has 3 aromatic rings. The minimum atomic E-state index is -1.16. The Morgan fingerprint density at radius 2 is 1.92 bits per heavy atom. The molecule has 130 valence electrons. The maximum atomic E-state index is 12.4. The van der Waals surface area contributed by atoms with Crippen LogP contribution in [0.2, 0.25) is 0 Å². The second-order valence-corrected chi connectivity index (χ2v) is 5.17. The van der Waals surface area contributed by atoms with Gasteiger partial charge >= 0.3 is 5.97 Å². The lowest BCUT2D eigenvalue weighted by atomic mass is 10.2. The molecule has 0 saturated heterocycles. The van der Waals surface area contributed by atoms with Crippen molar-refractivity contribution in [2.24, 2.45) is 0 Å². The topological polar surface area (TPSA) is 145 Å². The Morgan fingerprint density at radius 3 is 2.62 bits per heavy atom. The first-order chi connectivity index (χ1) is 12.5. The van der Waals surface area contributed by atoms with Crippen LogP contribution in [0, 0.1) is 0 Å². The Morgan fingerprint density at radius 1 is 1.12 bits per heavy atom. The summed E-state index contributed by atoms with van der Waals surface area (Å²) in [6.07, 6.45) is 1.49. The number of carboxylic acid groups (broad SMARTS) is 1. The Balaban J connectivity index is 1.97. The van der Waals surface area contributed by atoms with Crippen LogP contribution in [0.1, 0.15) is 20.8 Å². The van der Waals surface area contributed by atoms with Gasteiger partial charge in [-0.2, -0.15) is 0 Å². The Bertz CT molecular complexity index is 1050. The summed E-state index contributed by atoms with van der Waals surface area (Å²) in [6.45, 7) is 0. The molecule has 0 aliphatic heterocycles. The highest BCUT2D eigenvalue weighted by Gasteiger charge is 2.19. The summed E-state index contributed by atoms with van der Waals surface area (Å²) in [6, 6.07) is 10.4. The molecule has 2 aromatic heterocycles. The number of benzene rings is 1. The largest absolute Gasteiger partial charge is 0.501 e. The van der Waals surface area contributed by atoms with Crippen LogP contribution in [0.25, 0.3) is 11.5 Å². The molecule has 3 rings (SSSR count). The fourth-order valence-electron chi connectivity index (χ4n) is 2.17. The summed E-state index contributed by atoms with van der Waals surface area (Å²) in [5.74, 6) is -2.86. The van der Waals surface area contributed by atoms with E-state index in [0.717, 1.165) is 0 Å². The maximum Gasteiger partial charge on any atom is 0.335 e. The number of rotatable bonds is 4. The third-order valence-electron chi connectivity index (χ3n) is 3.38. The molecule has 0 aliphatic rings. The van der Waals surface area contributed by atoms with Gasteiger partial charge in [-0.1, -0.05) is 12.1 Å². The quantitative estimate of drug-likeness (QED) is 0.556. The van der Waals surface area contributed by atoms with E-state index in [1.807, 2.05) is 0 Å². The first kappa shape index (κ1) is 16.8. The van der Waals surface area contributed by atoms with Crippen LogP contribution < -0.4 is 10.9 Å². The lowest BCUT2D eigenvalue weighted by Gasteiger charge is -2.08. The smallest absolute Gasteiger partial charge is 0.335 e. The number of aromatic hydroxyl groups is 1. The zero-order chi connectivity index (χ0) is 18.7. The van der Waals surface area contributed by atoms with Crippen molar-refractivity contribution >= 4 is 17.6 Å². The number of carbonyl (C=O) groups is 2. The van der Waals surface area contributed by atoms with Crippen molar-refractivity contribution in [2.45, 2.75) is 0 Å². The van der Waals surface area contributed by atoms with E-state index in [9.17, 15) is 19.5 Å². The molecular formula is C17H12N4O5. The number of aromatic nitrogens is 3. The van der Waals surface area contributed by atoms with Gasteiger partial charge in [0.2, 0.25) is 5.75 Å². The molecule has 0 radical (unpaired) electrons. The zero-order valence-corrected chi connectivity index (χ0v) is 13.1. The molecule has 2 heterocycles. The molecule has 26 heavy (non-hydrogen) atoms. The number of anilines is 1. The molecule has 0 bridgehead atoms. The second kappa shape index (κ2) is 6.85. The molecular weight excluding hydrogens is 340 g/mol. The number of amides is 1. The monoisotopic (exact) mass is 352 g/mol. The summed E-state index contributed by atoms with van der Waals surface area (Å²) in [5.41, 5.74) is -0.942. The first-order valence-corrected chi connectivity index (χ1v) is 7.35. The van der Waals surface area contributed by atoms with E-state index in [4.69, 9.17) is 5.11 Å². The molecule has 0 spiro atoms. The predicted octanol–water partition coefficient (Wildman–Crippen LogP) is 1.49. The summed E-state index contributed by atoms with van der Waals surface area (Å²) in [7, 11) is 0. The van der Waals surface area contributed by atoms with Crippen LogP contribution in [0.5, 0.6) is 5.75 Å². The zero-order valence-electron chi connectivity index (χ0n) is 13.1. The Hall–Kier alpha value is -4.01. The number of carbonyl (C=O) groups excluding carboxylic acids is 1. The lowest BCUT2D eigenvalue weighted by Crippen LogP contribution is -2.20. The van der Waals surface area contributed by atoms with E-state index in [2.05, 4.69) is 20.3 Å². The van der Waals surface area contributed by atoms with Gasteiger partial charge < -0.3 is 20.5 Å². The summed E-state index contributed by atoms with van der Waals surface area (Å²) < 4.78 is 0. The Kier molecular flexibility index (Phi) is 4.44. The second-order valence-electron chi connectivity index (χ2n) is 5.17.